The number of carboxylic acid groups (broad SMARTS) is 1. The number of aryl methyl sites for hydroxylation is 2. The van der Waals surface area contributed by atoms with Crippen LogP contribution in [0, 0.1) is 6.92 Å². The highest BCUT2D eigenvalue weighted by Crippen LogP contribution is 2.16. The molecule has 0 bridgehead atoms. The highest BCUT2D eigenvalue weighted by molar-refractivity contribution is 5.88. The number of nitrogens with zero attached hydrogens (tertiary/aromatic N) is 3. The SMILES string of the molecule is Cc1ccn(-c2cc(C(C)C)nn2C)c(=O)c1C(=O)O. The van der Waals surface area contributed by atoms with Crippen LogP contribution in [0.25, 0.3) is 5.82 Å². The number of pyridine rings is 1. The van der Waals surface area contributed by atoms with E-state index >= 15 is 0 Å². The van der Waals surface area contributed by atoms with Crippen LogP contribution in [0.2, 0.25) is 0 Å². The average molecular weight is 275 g/mol. The van der Waals surface area contributed by atoms with Gasteiger partial charge in [-0.05, 0) is 24.5 Å². The van der Waals surface area contributed by atoms with Crippen molar-refractivity contribution in [3.63, 3.8) is 0 Å². The number of carbonyl (C=O) groups is 1. The maximum Gasteiger partial charge on any atom is 0.341 e. The first-order chi connectivity index (χ1) is 9.32. The summed E-state index contributed by atoms with van der Waals surface area (Å²) in [5.41, 5.74) is 0.549. The second kappa shape index (κ2) is 4.96. The van der Waals surface area contributed by atoms with Crippen molar-refractivity contribution < 1.29 is 9.90 Å². The first-order valence-corrected chi connectivity index (χ1v) is 6.32. The Hall–Kier alpha value is -2.37. The Morgan fingerprint density at radius 2 is 2.05 bits per heavy atom. The lowest BCUT2D eigenvalue weighted by Crippen LogP contribution is -2.27. The molecule has 0 saturated carbocycles. The van der Waals surface area contributed by atoms with Crippen LogP contribution < -0.4 is 5.56 Å². The number of hydrogen-bond acceptors (Lipinski definition) is 3. The first-order valence-electron chi connectivity index (χ1n) is 6.32. The van der Waals surface area contributed by atoms with Gasteiger partial charge < -0.3 is 5.11 Å². The smallest absolute Gasteiger partial charge is 0.341 e. The third kappa shape index (κ3) is 2.24. The van der Waals surface area contributed by atoms with Crippen LogP contribution in [-0.4, -0.2) is 25.4 Å². The van der Waals surface area contributed by atoms with Crippen LogP contribution in [0.3, 0.4) is 0 Å². The number of rotatable bonds is 3. The minimum Gasteiger partial charge on any atom is -0.477 e. The summed E-state index contributed by atoms with van der Waals surface area (Å²) in [6.07, 6.45) is 1.57. The number of aromatic nitrogens is 3. The Morgan fingerprint density at radius 1 is 1.40 bits per heavy atom. The molecule has 0 amide bonds. The zero-order valence-electron chi connectivity index (χ0n) is 11.9. The Morgan fingerprint density at radius 3 is 2.55 bits per heavy atom. The Bertz CT molecular complexity index is 726. The molecule has 0 aliphatic rings. The van der Waals surface area contributed by atoms with Gasteiger partial charge in [0.1, 0.15) is 11.4 Å². The zero-order chi connectivity index (χ0) is 15.0. The summed E-state index contributed by atoms with van der Waals surface area (Å²) in [5.74, 6) is -0.427. The van der Waals surface area contributed by atoms with E-state index < -0.39 is 11.5 Å². The van der Waals surface area contributed by atoms with E-state index in [1.54, 1.807) is 37.0 Å². The molecule has 0 atom stereocenters. The van der Waals surface area contributed by atoms with Crippen molar-refractivity contribution in [3.8, 4) is 5.82 Å². The van der Waals surface area contributed by atoms with Gasteiger partial charge in [-0.15, -0.1) is 0 Å². The van der Waals surface area contributed by atoms with E-state index in [0.717, 1.165) is 5.69 Å². The van der Waals surface area contributed by atoms with E-state index in [9.17, 15) is 9.59 Å². The van der Waals surface area contributed by atoms with Crippen LogP contribution in [0.1, 0.15) is 41.4 Å². The highest BCUT2D eigenvalue weighted by Gasteiger charge is 2.17. The van der Waals surface area contributed by atoms with Gasteiger partial charge in [-0.3, -0.25) is 14.0 Å². The predicted molar refractivity (Wildman–Crippen MR) is 74.6 cm³/mol. The molecule has 2 aromatic heterocycles. The fraction of sp³-hybridized carbons (Fsp3) is 0.357. The van der Waals surface area contributed by atoms with Gasteiger partial charge in [-0.25, -0.2) is 4.79 Å². The fourth-order valence-electron chi connectivity index (χ4n) is 2.05. The lowest BCUT2D eigenvalue weighted by Gasteiger charge is -2.08. The van der Waals surface area contributed by atoms with Gasteiger partial charge >= 0.3 is 5.97 Å². The maximum atomic E-state index is 12.3. The van der Waals surface area contributed by atoms with Gasteiger partial charge in [-0.1, -0.05) is 13.8 Å². The summed E-state index contributed by atoms with van der Waals surface area (Å²) in [4.78, 5) is 23.5. The minimum absolute atomic E-state index is 0.209. The summed E-state index contributed by atoms with van der Waals surface area (Å²) in [5, 5.41) is 13.5. The second-order valence-electron chi connectivity index (χ2n) is 5.06. The molecule has 0 aromatic carbocycles. The van der Waals surface area contributed by atoms with E-state index in [2.05, 4.69) is 5.10 Å². The molecule has 0 aliphatic carbocycles. The van der Waals surface area contributed by atoms with Crippen LogP contribution in [0.5, 0.6) is 0 Å². The number of hydrogen-bond donors (Lipinski definition) is 1. The lowest BCUT2D eigenvalue weighted by molar-refractivity contribution is 0.0693. The molecule has 20 heavy (non-hydrogen) atoms. The molecule has 2 aromatic rings. The maximum absolute atomic E-state index is 12.3. The number of carboxylic acids is 1. The van der Waals surface area contributed by atoms with E-state index in [1.807, 2.05) is 13.8 Å². The van der Waals surface area contributed by atoms with Crippen LogP contribution in [-0.2, 0) is 7.05 Å². The molecule has 106 valence electrons. The Kier molecular flexibility index (Phi) is 3.48. The fourth-order valence-corrected chi connectivity index (χ4v) is 2.05. The third-order valence-electron chi connectivity index (χ3n) is 3.23. The van der Waals surface area contributed by atoms with Crippen molar-refractivity contribution >= 4 is 5.97 Å². The highest BCUT2D eigenvalue weighted by atomic mass is 16.4. The predicted octanol–water partition coefficient (Wildman–Crippen LogP) is 1.70. The van der Waals surface area contributed by atoms with Crippen molar-refractivity contribution in [2.75, 3.05) is 0 Å². The molecule has 2 rings (SSSR count). The first kappa shape index (κ1) is 14.0. The largest absolute Gasteiger partial charge is 0.477 e. The Labute approximate surface area is 116 Å². The molecule has 0 saturated heterocycles. The normalized spacial score (nSPS) is 11.1. The van der Waals surface area contributed by atoms with Gasteiger partial charge in [0.15, 0.2) is 0 Å². The summed E-state index contributed by atoms with van der Waals surface area (Å²) >= 11 is 0. The van der Waals surface area contributed by atoms with Gasteiger partial charge in [0.05, 0.1) is 5.69 Å². The van der Waals surface area contributed by atoms with Gasteiger partial charge in [0, 0.05) is 19.3 Å². The van der Waals surface area contributed by atoms with Crippen molar-refractivity contribution in [1.29, 1.82) is 0 Å². The molecule has 0 spiro atoms. The average Bonchev–Trinajstić information content (AvgIpc) is 2.71. The molecule has 0 fully saturated rings. The summed E-state index contributed by atoms with van der Waals surface area (Å²) in [7, 11) is 1.73. The van der Waals surface area contributed by atoms with Crippen molar-refractivity contribution in [1.82, 2.24) is 14.3 Å². The molecule has 0 aliphatic heterocycles. The van der Waals surface area contributed by atoms with Gasteiger partial charge in [0.25, 0.3) is 5.56 Å². The minimum atomic E-state index is -1.21. The molecule has 6 nitrogen and oxygen atoms in total. The van der Waals surface area contributed by atoms with Gasteiger partial charge in [0.2, 0.25) is 0 Å². The lowest BCUT2D eigenvalue weighted by atomic mass is 10.1. The van der Waals surface area contributed by atoms with Crippen LogP contribution in [0.4, 0.5) is 0 Å². The second-order valence-corrected chi connectivity index (χ2v) is 5.06. The molecule has 6 heteroatoms. The van der Waals surface area contributed by atoms with E-state index in [-0.39, 0.29) is 11.5 Å². The summed E-state index contributed by atoms with van der Waals surface area (Å²) in [6.45, 7) is 5.62. The van der Waals surface area contributed by atoms with E-state index in [1.165, 1.54) is 4.57 Å². The van der Waals surface area contributed by atoms with Gasteiger partial charge in [-0.2, -0.15) is 5.10 Å². The molecular weight excluding hydrogens is 258 g/mol. The molecule has 2 heterocycles. The Balaban J connectivity index is 2.68. The summed E-state index contributed by atoms with van der Waals surface area (Å²) in [6, 6.07) is 3.42. The van der Waals surface area contributed by atoms with E-state index in [0.29, 0.717) is 11.4 Å². The third-order valence-corrected chi connectivity index (χ3v) is 3.23. The van der Waals surface area contributed by atoms with Crippen molar-refractivity contribution in [2.45, 2.75) is 26.7 Å². The standard InChI is InChI=1S/C14H17N3O3/c1-8(2)10-7-11(16(4)15-10)17-6-5-9(3)12(13(17)18)14(19)20/h5-8H,1-4H3,(H,19,20). The van der Waals surface area contributed by atoms with Crippen molar-refractivity contribution in [3.05, 3.63) is 45.5 Å². The summed E-state index contributed by atoms with van der Waals surface area (Å²) < 4.78 is 2.90. The molecular formula is C14H17N3O3. The molecule has 0 unspecified atom stereocenters. The quantitative estimate of drug-likeness (QED) is 0.925. The number of aromatic carboxylic acids is 1. The van der Waals surface area contributed by atoms with Crippen LogP contribution >= 0.6 is 0 Å². The van der Waals surface area contributed by atoms with Crippen LogP contribution in [0.15, 0.2) is 23.1 Å². The topological polar surface area (TPSA) is 77.1 Å². The monoisotopic (exact) mass is 275 g/mol. The molecule has 0 radical (unpaired) electrons. The zero-order valence-corrected chi connectivity index (χ0v) is 11.9. The van der Waals surface area contributed by atoms with Crippen molar-refractivity contribution in [2.24, 2.45) is 7.05 Å². The molecule has 1 N–H and O–H groups in total. The van der Waals surface area contributed by atoms with E-state index in [4.69, 9.17) is 5.11 Å².